The van der Waals surface area contributed by atoms with Crippen molar-refractivity contribution in [3.05, 3.63) is 36.4 Å². The highest BCUT2D eigenvalue weighted by Gasteiger charge is 2.23. The minimum atomic E-state index is -2.39. The van der Waals surface area contributed by atoms with Crippen LogP contribution in [0.15, 0.2) is 36.4 Å². The number of anilines is 1. The molecule has 0 amide bonds. The topological polar surface area (TPSA) is 63.3 Å². The Morgan fingerprint density at radius 2 is 1.86 bits per heavy atom. The number of nitrogens with two attached hydrogens (primary N) is 1. The van der Waals surface area contributed by atoms with E-state index in [-0.39, 0.29) is 0 Å². The monoisotopic (exact) mass is 206 g/mol. The average Bonchev–Trinajstić information content (AvgIpc) is 2.17. The van der Waals surface area contributed by atoms with Gasteiger partial charge in [0, 0.05) is 5.39 Å². The number of hydrogen-bond donors (Lipinski definition) is 2. The van der Waals surface area contributed by atoms with Gasteiger partial charge in [-0.2, -0.15) is 4.89 Å². The summed E-state index contributed by atoms with van der Waals surface area (Å²) in [6.45, 7) is 0. The van der Waals surface area contributed by atoms with Gasteiger partial charge in [0.15, 0.2) is 0 Å². The smallest absolute Gasteiger partial charge is 0.395 e. The van der Waals surface area contributed by atoms with Gasteiger partial charge in [-0.15, -0.1) is 0 Å². The highest BCUT2D eigenvalue weighted by atomic mass is 31.1. The van der Waals surface area contributed by atoms with E-state index in [0.29, 0.717) is 11.0 Å². The fraction of sp³-hybridized carbons (Fsp3) is 0. The predicted molar refractivity (Wildman–Crippen MR) is 57.8 cm³/mol. The SMILES string of the molecule is Nc1ccc2ccccc2c1[P+](=O)O. The highest BCUT2D eigenvalue weighted by molar-refractivity contribution is 7.48. The lowest BCUT2D eigenvalue weighted by molar-refractivity contribution is 0.514. The lowest BCUT2D eigenvalue weighted by Gasteiger charge is -1.98. The molecule has 2 aromatic rings. The van der Waals surface area contributed by atoms with Crippen molar-refractivity contribution in [1.82, 2.24) is 0 Å². The maximum atomic E-state index is 11.1. The fourth-order valence-corrected chi connectivity index (χ4v) is 2.19. The van der Waals surface area contributed by atoms with Crippen LogP contribution in [0.2, 0.25) is 0 Å². The average molecular weight is 206 g/mol. The van der Waals surface area contributed by atoms with Crippen LogP contribution in [0.3, 0.4) is 0 Å². The Morgan fingerprint density at radius 1 is 1.14 bits per heavy atom. The lowest BCUT2D eigenvalue weighted by atomic mass is 10.1. The molecule has 0 aliphatic rings. The Bertz CT molecular complexity index is 510. The third-order valence-electron chi connectivity index (χ3n) is 2.12. The molecule has 0 spiro atoms. The Labute approximate surface area is 82.0 Å². The van der Waals surface area contributed by atoms with E-state index in [0.717, 1.165) is 10.8 Å². The normalized spacial score (nSPS) is 11.6. The van der Waals surface area contributed by atoms with Crippen LogP contribution >= 0.6 is 8.03 Å². The molecule has 3 N–H and O–H groups in total. The van der Waals surface area contributed by atoms with Gasteiger partial charge in [0.25, 0.3) is 5.30 Å². The molecule has 0 radical (unpaired) electrons. The molecule has 70 valence electrons. The van der Waals surface area contributed by atoms with Crippen LogP contribution < -0.4 is 11.0 Å². The van der Waals surface area contributed by atoms with Gasteiger partial charge in [-0.25, -0.2) is 0 Å². The number of benzene rings is 2. The molecule has 0 aliphatic carbocycles. The summed E-state index contributed by atoms with van der Waals surface area (Å²) in [4.78, 5) is 9.13. The van der Waals surface area contributed by atoms with Crippen molar-refractivity contribution < 1.29 is 9.46 Å². The summed E-state index contributed by atoms with van der Waals surface area (Å²) < 4.78 is 11.1. The van der Waals surface area contributed by atoms with E-state index >= 15 is 0 Å². The third-order valence-corrected chi connectivity index (χ3v) is 3.00. The van der Waals surface area contributed by atoms with E-state index in [1.54, 1.807) is 12.1 Å². The molecule has 14 heavy (non-hydrogen) atoms. The van der Waals surface area contributed by atoms with E-state index in [9.17, 15) is 4.57 Å². The van der Waals surface area contributed by atoms with E-state index in [4.69, 9.17) is 10.6 Å². The lowest BCUT2D eigenvalue weighted by Crippen LogP contribution is -2.06. The molecule has 0 fully saturated rings. The molecule has 2 aromatic carbocycles. The van der Waals surface area contributed by atoms with Crippen LogP contribution in [0.1, 0.15) is 0 Å². The fourth-order valence-electron chi connectivity index (χ4n) is 1.49. The summed E-state index contributed by atoms with van der Waals surface area (Å²) in [5.41, 5.74) is 6.01. The van der Waals surface area contributed by atoms with Crippen molar-refractivity contribution in [3.8, 4) is 0 Å². The summed E-state index contributed by atoms with van der Waals surface area (Å²) in [5.74, 6) is 0. The zero-order valence-electron chi connectivity index (χ0n) is 7.34. The van der Waals surface area contributed by atoms with Gasteiger partial charge in [0.05, 0.1) is 5.69 Å². The molecule has 0 bridgehead atoms. The summed E-state index contributed by atoms with van der Waals surface area (Å²) in [6.07, 6.45) is 0. The summed E-state index contributed by atoms with van der Waals surface area (Å²) in [7, 11) is -2.39. The van der Waals surface area contributed by atoms with Crippen molar-refractivity contribution >= 4 is 29.8 Å². The van der Waals surface area contributed by atoms with Gasteiger partial charge < -0.3 is 5.73 Å². The van der Waals surface area contributed by atoms with Crippen LogP contribution in [0.4, 0.5) is 5.69 Å². The van der Waals surface area contributed by atoms with E-state index in [1.165, 1.54) is 0 Å². The maximum Gasteiger partial charge on any atom is 0.548 e. The van der Waals surface area contributed by atoms with Crippen molar-refractivity contribution in [2.75, 3.05) is 5.73 Å². The number of rotatable bonds is 1. The predicted octanol–water partition coefficient (Wildman–Crippen LogP) is 1.78. The highest BCUT2D eigenvalue weighted by Crippen LogP contribution is 2.25. The van der Waals surface area contributed by atoms with Crippen molar-refractivity contribution in [3.63, 3.8) is 0 Å². The van der Waals surface area contributed by atoms with Crippen LogP contribution in [-0.2, 0) is 4.57 Å². The second-order valence-corrected chi connectivity index (χ2v) is 3.99. The summed E-state index contributed by atoms with van der Waals surface area (Å²) in [6, 6.07) is 10.9. The number of fused-ring (bicyclic) bond motifs is 1. The second-order valence-electron chi connectivity index (χ2n) is 3.00. The molecule has 1 atom stereocenters. The zero-order valence-corrected chi connectivity index (χ0v) is 8.24. The maximum absolute atomic E-state index is 11.1. The van der Waals surface area contributed by atoms with Crippen LogP contribution in [0, 0.1) is 0 Å². The van der Waals surface area contributed by atoms with Crippen LogP contribution in [-0.4, -0.2) is 4.89 Å². The molecule has 3 nitrogen and oxygen atoms in total. The van der Waals surface area contributed by atoms with E-state index < -0.39 is 8.03 Å². The number of hydrogen-bond acceptors (Lipinski definition) is 2. The minimum Gasteiger partial charge on any atom is -0.395 e. The van der Waals surface area contributed by atoms with Crippen molar-refractivity contribution in [2.24, 2.45) is 0 Å². The second kappa shape index (κ2) is 3.37. The van der Waals surface area contributed by atoms with Gasteiger partial charge >= 0.3 is 8.03 Å². The van der Waals surface area contributed by atoms with Gasteiger partial charge in [-0.3, -0.25) is 0 Å². The Morgan fingerprint density at radius 3 is 2.57 bits per heavy atom. The molecule has 0 aromatic heterocycles. The third kappa shape index (κ3) is 1.37. The first kappa shape index (κ1) is 9.13. The molecule has 2 rings (SSSR count). The first-order valence-electron chi connectivity index (χ1n) is 4.13. The quantitative estimate of drug-likeness (QED) is 0.552. The molecular weight excluding hydrogens is 197 g/mol. The van der Waals surface area contributed by atoms with Gasteiger partial charge in [-0.05, 0) is 22.1 Å². The molecule has 4 heteroatoms. The summed E-state index contributed by atoms with van der Waals surface area (Å²) in [5, 5.41) is 2.00. The number of nitrogen functional groups attached to an aromatic ring is 1. The van der Waals surface area contributed by atoms with E-state index in [2.05, 4.69) is 0 Å². The van der Waals surface area contributed by atoms with Crippen LogP contribution in [0.5, 0.6) is 0 Å². The molecule has 0 aliphatic heterocycles. The minimum absolute atomic E-state index is 0.332. The largest absolute Gasteiger partial charge is 0.548 e. The van der Waals surface area contributed by atoms with Gasteiger partial charge in [0.1, 0.15) is 0 Å². The van der Waals surface area contributed by atoms with Crippen molar-refractivity contribution in [2.45, 2.75) is 0 Å². The first-order chi connectivity index (χ1) is 6.70. The Balaban J connectivity index is 2.90. The summed E-state index contributed by atoms with van der Waals surface area (Å²) >= 11 is 0. The molecular formula is C10H9NO2P+. The van der Waals surface area contributed by atoms with Gasteiger partial charge in [-0.1, -0.05) is 24.3 Å². The molecule has 1 unspecified atom stereocenters. The van der Waals surface area contributed by atoms with Crippen LogP contribution in [0.25, 0.3) is 10.8 Å². The van der Waals surface area contributed by atoms with Gasteiger partial charge in [0.2, 0.25) is 0 Å². The van der Waals surface area contributed by atoms with E-state index in [1.807, 2.05) is 24.3 Å². The Hall–Kier alpha value is -1.44. The molecule has 0 saturated heterocycles. The standard InChI is InChI=1S/C10H8NO2P/c11-9-6-5-7-3-1-2-4-8(7)10(9)14(12)13/h1-6H,11H2/p+1. The molecule has 0 saturated carbocycles. The van der Waals surface area contributed by atoms with Crippen molar-refractivity contribution in [1.29, 1.82) is 0 Å². The first-order valence-corrected chi connectivity index (χ1v) is 5.35. The zero-order chi connectivity index (χ0) is 10.1. The molecule has 0 heterocycles. The Kier molecular flexibility index (Phi) is 2.20.